The summed E-state index contributed by atoms with van der Waals surface area (Å²) in [4.78, 5) is 27.8. The highest BCUT2D eigenvalue weighted by atomic mass is 32.2. The number of morpholine rings is 1. The Morgan fingerprint density at radius 2 is 2.09 bits per heavy atom. The molecule has 2 aromatic heterocycles. The molecule has 0 radical (unpaired) electrons. The Morgan fingerprint density at radius 3 is 2.71 bits per heavy atom. The molecular weight excluding hydrogens is 472 g/mol. The minimum absolute atomic E-state index is 0.0941. The minimum Gasteiger partial charge on any atom is -0.395 e. The third-order valence-corrected chi connectivity index (χ3v) is 9.77. The number of ether oxygens (including phenoxy) is 1. The van der Waals surface area contributed by atoms with Crippen molar-refractivity contribution in [3.05, 3.63) is 30.1 Å². The summed E-state index contributed by atoms with van der Waals surface area (Å²) < 4.78 is 31.3. The molecule has 188 valence electrons. The second-order valence-electron chi connectivity index (χ2n) is 9.33. The SMILES string of the molecule is C[C@H]1COCCN1c1cc(C2(S(=O)(=O)C3CC3)CC2)nc(-c2ccc(NC(=O)NCCO)nc2)n1. The molecule has 35 heavy (non-hydrogen) atoms. The summed E-state index contributed by atoms with van der Waals surface area (Å²) in [6.07, 6.45) is 4.15. The van der Waals surface area contributed by atoms with Crippen molar-refractivity contribution in [2.24, 2.45) is 0 Å². The average molecular weight is 503 g/mol. The maximum absolute atomic E-state index is 13.3. The van der Waals surface area contributed by atoms with Crippen molar-refractivity contribution in [2.75, 3.05) is 43.1 Å². The number of nitrogens with one attached hydrogen (secondary N) is 2. The van der Waals surface area contributed by atoms with E-state index in [1.807, 2.05) is 6.07 Å². The predicted molar refractivity (Wildman–Crippen MR) is 130 cm³/mol. The molecule has 3 N–H and O–H groups in total. The van der Waals surface area contributed by atoms with Crippen molar-refractivity contribution < 1.29 is 23.1 Å². The summed E-state index contributed by atoms with van der Waals surface area (Å²) in [6.45, 7) is 3.83. The van der Waals surface area contributed by atoms with Gasteiger partial charge < -0.3 is 20.1 Å². The van der Waals surface area contributed by atoms with Gasteiger partial charge in [-0.1, -0.05) is 0 Å². The van der Waals surface area contributed by atoms with Crippen LogP contribution in [0.4, 0.5) is 16.4 Å². The van der Waals surface area contributed by atoms with E-state index < -0.39 is 20.6 Å². The number of carbonyl (C=O) groups is 1. The topological polar surface area (TPSA) is 147 Å². The lowest BCUT2D eigenvalue weighted by Gasteiger charge is -2.34. The van der Waals surface area contributed by atoms with Crippen LogP contribution >= 0.6 is 0 Å². The van der Waals surface area contributed by atoms with Gasteiger partial charge in [-0.2, -0.15) is 0 Å². The molecule has 2 aliphatic carbocycles. The number of nitrogens with zero attached hydrogens (tertiary/aromatic N) is 4. The lowest BCUT2D eigenvalue weighted by atomic mass is 10.2. The summed E-state index contributed by atoms with van der Waals surface area (Å²) in [7, 11) is -3.32. The van der Waals surface area contributed by atoms with E-state index >= 15 is 0 Å². The normalized spacial score (nSPS) is 21.4. The fourth-order valence-corrected chi connectivity index (χ4v) is 6.90. The largest absolute Gasteiger partial charge is 0.395 e. The molecule has 0 bridgehead atoms. The van der Waals surface area contributed by atoms with E-state index in [0.717, 1.165) is 12.8 Å². The molecule has 11 nitrogen and oxygen atoms in total. The van der Waals surface area contributed by atoms with Crippen molar-refractivity contribution >= 4 is 27.5 Å². The number of aromatic nitrogens is 3. The van der Waals surface area contributed by atoms with E-state index in [-0.39, 0.29) is 24.4 Å². The molecule has 0 aromatic carbocycles. The number of hydrogen-bond donors (Lipinski definition) is 3. The van der Waals surface area contributed by atoms with Crippen LogP contribution in [0.2, 0.25) is 0 Å². The molecule has 2 aromatic rings. The average Bonchev–Trinajstić information content (AvgIpc) is 3.76. The van der Waals surface area contributed by atoms with Gasteiger partial charge in [0.25, 0.3) is 0 Å². The fraction of sp³-hybridized carbons (Fsp3) is 0.565. The lowest BCUT2D eigenvalue weighted by Crippen LogP contribution is -2.44. The zero-order valence-corrected chi connectivity index (χ0v) is 20.4. The van der Waals surface area contributed by atoms with Crippen LogP contribution in [-0.4, -0.2) is 78.7 Å². The number of aliphatic hydroxyl groups is 1. The molecule has 1 aliphatic heterocycles. The molecule has 3 heterocycles. The third-order valence-electron chi connectivity index (χ3n) is 6.71. The molecule has 2 saturated carbocycles. The Labute approximate surface area is 204 Å². The highest BCUT2D eigenvalue weighted by Crippen LogP contribution is 2.57. The standard InChI is InChI=1S/C23H30N6O5S/c1-15-14-34-11-9-29(15)20-12-18(23(6-7-23)35(32,33)17-3-4-17)26-21(28-20)16-2-5-19(25-13-16)27-22(31)24-8-10-30/h2,5,12-13,15,17,30H,3-4,6-11,14H2,1H3,(H2,24,25,27,31)/t15-/m0/s1. The number of urea groups is 1. The number of pyridine rings is 1. The van der Waals surface area contributed by atoms with E-state index in [1.54, 1.807) is 18.3 Å². The van der Waals surface area contributed by atoms with Crippen LogP contribution in [0.25, 0.3) is 11.4 Å². The molecule has 3 fully saturated rings. The number of rotatable bonds is 8. The molecule has 0 unspecified atom stereocenters. The molecule has 3 aliphatic rings. The predicted octanol–water partition coefficient (Wildman–Crippen LogP) is 1.44. The highest BCUT2D eigenvalue weighted by molar-refractivity contribution is 7.93. The highest BCUT2D eigenvalue weighted by Gasteiger charge is 2.61. The molecule has 1 saturated heterocycles. The van der Waals surface area contributed by atoms with Gasteiger partial charge in [0, 0.05) is 30.9 Å². The number of amides is 2. The van der Waals surface area contributed by atoms with Gasteiger partial charge in [-0.05, 0) is 44.7 Å². The Balaban J connectivity index is 1.49. The van der Waals surface area contributed by atoms with Gasteiger partial charge in [-0.25, -0.2) is 28.2 Å². The monoisotopic (exact) mass is 502 g/mol. The van der Waals surface area contributed by atoms with Crippen molar-refractivity contribution in [1.29, 1.82) is 0 Å². The third kappa shape index (κ3) is 4.69. The fourth-order valence-electron chi connectivity index (χ4n) is 4.44. The van der Waals surface area contributed by atoms with Gasteiger partial charge in [-0.15, -0.1) is 0 Å². The maximum atomic E-state index is 13.3. The first-order valence-corrected chi connectivity index (χ1v) is 13.5. The van der Waals surface area contributed by atoms with Crippen LogP contribution in [0.5, 0.6) is 0 Å². The first kappa shape index (κ1) is 23.9. The maximum Gasteiger partial charge on any atom is 0.320 e. The summed E-state index contributed by atoms with van der Waals surface area (Å²) in [5, 5.41) is 13.7. The summed E-state index contributed by atoms with van der Waals surface area (Å²) >= 11 is 0. The van der Waals surface area contributed by atoms with E-state index in [1.165, 1.54) is 0 Å². The zero-order valence-electron chi connectivity index (χ0n) is 19.6. The Hall–Kier alpha value is -2.83. The van der Waals surface area contributed by atoms with E-state index in [4.69, 9.17) is 19.8 Å². The smallest absolute Gasteiger partial charge is 0.320 e. The minimum atomic E-state index is -3.32. The molecule has 2 amide bonds. The number of carbonyl (C=O) groups excluding carboxylic acids is 1. The lowest BCUT2D eigenvalue weighted by molar-refractivity contribution is 0.0985. The molecule has 1 atom stereocenters. The second-order valence-corrected chi connectivity index (χ2v) is 11.9. The van der Waals surface area contributed by atoms with E-state index in [0.29, 0.717) is 61.3 Å². The molecule has 5 rings (SSSR count). The van der Waals surface area contributed by atoms with Crippen molar-refractivity contribution in [1.82, 2.24) is 20.3 Å². The Kier molecular flexibility index (Phi) is 6.36. The molecular formula is C23H30N6O5S. The van der Waals surface area contributed by atoms with Gasteiger partial charge in [-0.3, -0.25) is 5.32 Å². The van der Waals surface area contributed by atoms with Gasteiger partial charge in [0.05, 0.1) is 36.8 Å². The van der Waals surface area contributed by atoms with Crippen molar-refractivity contribution in [2.45, 2.75) is 48.6 Å². The Bertz CT molecular complexity index is 1200. The van der Waals surface area contributed by atoms with Crippen LogP contribution in [0.1, 0.15) is 38.3 Å². The summed E-state index contributed by atoms with van der Waals surface area (Å²) in [5.74, 6) is 1.42. The summed E-state index contributed by atoms with van der Waals surface area (Å²) in [5.41, 5.74) is 1.17. The van der Waals surface area contributed by atoms with E-state index in [2.05, 4.69) is 27.4 Å². The molecule has 0 spiro atoms. The number of anilines is 2. The van der Waals surface area contributed by atoms with Gasteiger partial charge in [0.1, 0.15) is 16.4 Å². The van der Waals surface area contributed by atoms with Crippen LogP contribution in [0.3, 0.4) is 0 Å². The van der Waals surface area contributed by atoms with Crippen LogP contribution < -0.4 is 15.5 Å². The van der Waals surface area contributed by atoms with Crippen molar-refractivity contribution in [3.63, 3.8) is 0 Å². The number of sulfone groups is 1. The van der Waals surface area contributed by atoms with Crippen molar-refractivity contribution in [3.8, 4) is 11.4 Å². The van der Waals surface area contributed by atoms with Gasteiger partial charge in [0.15, 0.2) is 15.7 Å². The van der Waals surface area contributed by atoms with Crippen LogP contribution in [0, 0.1) is 0 Å². The van der Waals surface area contributed by atoms with E-state index in [9.17, 15) is 13.2 Å². The zero-order chi connectivity index (χ0) is 24.6. The first-order valence-electron chi connectivity index (χ1n) is 11.9. The number of aliphatic hydroxyl groups excluding tert-OH is 1. The number of hydrogen-bond acceptors (Lipinski definition) is 9. The quantitative estimate of drug-likeness (QED) is 0.488. The van der Waals surface area contributed by atoms with Gasteiger partial charge >= 0.3 is 6.03 Å². The second kappa shape index (κ2) is 9.32. The van der Waals surface area contributed by atoms with Crippen LogP contribution in [0.15, 0.2) is 24.4 Å². The van der Waals surface area contributed by atoms with Crippen LogP contribution in [-0.2, 0) is 19.3 Å². The summed E-state index contributed by atoms with van der Waals surface area (Å²) in [6, 6.07) is 4.84. The first-order chi connectivity index (χ1) is 16.8. The molecule has 12 heteroatoms. The van der Waals surface area contributed by atoms with Gasteiger partial charge in [0.2, 0.25) is 0 Å². The Morgan fingerprint density at radius 1 is 1.29 bits per heavy atom.